The first-order valence-corrected chi connectivity index (χ1v) is 18.2. The molecular formula is C37H64N2O3. The van der Waals surface area contributed by atoms with Crippen LogP contribution in [0.25, 0.3) is 0 Å². The monoisotopic (exact) mass is 584 g/mol. The van der Waals surface area contributed by atoms with Crippen LogP contribution < -0.4 is 5.32 Å². The highest BCUT2D eigenvalue weighted by molar-refractivity contribution is 5.67. The first-order valence-electron chi connectivity index (χ1n) is 18.2. The summed E-state index contributed by atoms with van der Waals surface area (Å²) in [6, 6.07) is 0. The summed E-state index contributed by atoms with van der Waals surface area (Å²) < 4.78 is 11.0. The summed E-state index contributed by atoms with van der Waals surface area (Å²) >= 11 is 0. The topological polar surface area (TPSA) is 50.8 Å². The van der Waals surface area contributed by atoms with Crippen LogP contribution in [-0.4, -0.2) is 57.0 Å². The smallest absolute Gasteiger partial charge is 0.407 e. The predicted octanol–water partition coefficient (Wildman–Crippen LogP) is 8.17. The summed E-state index contributed by atoms with van der Waals surface area (Å²) in [5.74, 6) is 5.60. The van der Waals surface area contributed by atoms with E-state index in [1.54, 1.807) is 0 Å². The zero-order valence-electron chi connectivity index (χ0n) is 28.1. The number of carbonyl (C=O) groups excluding carboxylic acids is 1. The second-order valence-electron chi connectivity index (χ2n) is 17.3. The van der Waals surface area contributed by atoms with Gasteiger partial charge in [0.05, 0.1) is 19.8 Å². The molecule has 11 atom stereocenters. The Bertz CT molecular complexity index is 967. The lowest BCUT2D eigenvalue weighted by molar-refractivity contribution is -0.229. The molecule has 42 heavy (non-hydrogen) atoms. The normalized spacial score (nSPS) is 47.9. The van der Waals surface area contributed by atoms with Crippen molar-refractivity contribution < 1.29 is 14.3 Å². The summed E-state index contributed by atoms with van der Waals surface area (Å²) in [4.78, 5) is 15.0. The molecule has 1 amide bonds. The van der Waals surface area contributed by atoms with Crippen molar-refractivity contribution in [2.45, 2.75) is 119 Å². The van der Waals surface area contributed by atoms with E-state index in [2.05, 4.69) is 51.8 Å². The number of nitrogens with zero attached hydrogens (tertiary/aromatic N) is 1. The van der Waals surface area contributed by atoms with Gasteiger partial charge in [0.1, 0.15) is 0 Å². The van der Waals surface area contributed by atoms with Crippen LogP contribution in [0.15, 0.2) is 0 Å². The van der Waals surface area contributed by atoms with E-state index in [0.29, 0.717) is 40.1 Å². The van der Waals surface area contributed by atoms with Crippen molar-refractivity contribution in [2.24, 2.45) is 63.1 Å². The van der Waals surface area contributed by atoms with E-state index in [1.807, 2.05) is 0 Å². The maximum atomic E-state index is 12.6. The quantitative estimate of drug-likeness (QED) is 0.307. The summed E-state index contributed by atoms with van der Waals surface area (Å²) in [5.41, 5.74) is 1.95. The van der Waals surface area contributed by atoms with Crippen molar-refractivity contribution in [3.63, 3.8) is 0 Å². The van der Waals surface area contributed by atoms with Crippen molar-refractivity contribution in [3.05, 3.63) is 0 Å². The maximum Gasteiger partial charge on any atom is 0.407 e. The van der Waals surface area contributed by atoms with Crippen molar-refractivity contribution in [1.29, 1.82) is 0 Å². The molecule has 1 N–H and O–H groups in total. The molecule has 0 bridgehead atoms. The maximum absolute atomic E-state index is 12.6. The number of morpholine rings is 1. The van der Waals surface area contributed by atoms with Crippen LogP contribution in [0, 0.1) is 63.1 Å². The van der Waals surface area contributed by atoms with Gasteiger partial charge in [-0.15, -0.1) is 0 Å². The van der Waals surface area contributed by atoms with Gasteiger partial charge in [-0.05, 0) is 127 Å². The number of hydrogen-bond acceptors (Lipinski definition) is 4. The van der Waals surface area contributed by atoms with Gasteiger partial charge in [-0.2, -0.15) is 0 Å². The van der Waals surface area contributed by atoms with E-state index < -0.39 is 0 Å². The molecule has 5 heteroatoms. The number of hydrogen-bond donors (Lipinski definition) is 1. The SMILES string of the molecule is CC(CNC(=O)OCCCN1CCOCC1)C1CCC2(C)CC[C@]3(C)C(CCC4C5(C)CCCC(C)C5CCC43C)C12. The molecule has 5 nitrogen and oxygen atoms in total. The van der Waals surface area contributed by atoms with Crippen molar-refractivity contribution in [1.82, 2.24) is 10.2 Å². The molecule has 0 aromatic rings. The van der Waals surface area contributed by atoms with E-state index in [0.717, 1.165) is 75.4 Å². The molecule has 1 saturated heterocycles. The van der Waals surface area contributed by atoms with E-state index in [4.69, 9.17) is 9.47 Å². The molecule has 0 radical (unpaired) electrons. The fraction of sp³-hybridized carbons (Fsp3) is 0.973. The molecule has 5 saturated carbocycles. The molecule has 6 rings (SSSR count). The van der Waals surface area contributed by atoms with Crippen LogP contribution in [0.4, 0.5) is 4.79 Å². The second kappa shape index (κ2) is 11.8. The molecule has 10 unspecified atom stereocenters. The Balaban J connectivity index is 1.09. The largest absolute Gasteiger partial charge is 0.450 e. The second-order valence-corrected chi connectivity index (χ2v) is 17.3. The van der Waals surface area contributed by atoms with Gasteiger partial charge in [-0.3, -0.25) is 4.90 Å². The lowest BCUT2D eigenvalue weighted by Gasteiger charge is -2.72. The fourth-order valence-corrected chi connectivity index (χ4v) is 13.1. The molecular weight excluding hydrogens is 520 g/mol. The third-order valence-electron chi connectivity index (χ3n) is 15.6. The Morgan fingerprint density at radius 3 is 2.50 bits per heavy atom. The zero-order chi connectivity index (χ0) is 29.8. The minimum atomic E-state index is -0.224. The Labute approximate surface area is 258 Å². The molecule has 0 aromatic carbocycles. The number of carbonyl (C=O) groups is 1. The van der Waals surface area contributed by atoms with Gasteiger partial charge in [0.25, 0.3) is 0 Å². The summed E-state index contributed by atoms with van der Waals surface area (Å²) in [6.45, 7) is 21.8. The molecule has 6 fully saturated rings. The van der Waals surface area contributed by atoms with E-state index in [-0.39, 0.29) is 6.09 Å². The van der Waals surface area contributed by atoms with E-state index in [9.17, 15) is 4.79 Å². The standard InChI is InChI=1S/C37H64N2O3/c1-26-9-7-14-35(4)29(26)13-16-37(6)31(35)11-10-30-32-28(12-15-34(32,3)17-18-36(30,37)5)27(2)25-38-33(40)42-22-8-19-39-20-23-41-24-21-39/h26-32H,7-25H2,1-6H3,(H,38,40)/t26?,27?,28?,29?,30?,31?,32?,34?,35?,36-,37?/m1/s1. The summed E-state index contributed by atoms with van der Waals surface area (Å²) in [5, 5.41) is 3.19. The Morgan fingerprint density at radius 2 is 1.71 bits per heavy atom. The summed E-state index contributed by atoms with van der Waals surface area (Å²) in [7, 11) is 0. The third kappa shape index (κ3) is 5.17. The van der Waals surface area contributed by atoms with E-state index >= 15 is 0 Å². The summed E-state index contributed by atoms with van der Waals surface area (Å²) in [6.07, 6.45) is 16.4. The van der Waals surface area contributed by atoms with Crippen molar-refractivity contribution in [2.75, 3.05) is 46.0 Å². The van der Waals surface area contributed by atoms with Gasteiger partial charge in [-0.1, -0.05) is 54.4 Å². The highest BCUT2D eigenvalue weighted by Gasteiger charge is 2.69. The Kier molecular flexibility index (Phi) is 8.79. The average molecular weight is 585 g/mol. The van der Waals surface area contributed by atoms with Gasteiger partial charge in [0.2, 0.25) is 0 Å². The lowest BCUT2D eigenvalue weighted by atomic mass is 9.33. The van der Waals surface area contributed by atoms with Gasteiger partial charge in [-0.25, -0.2) is 4.79 Å². The van der Waals surface area contributed by atoms with Crippen LogP contribution in [0.3, 0.4) is 0 Å². The van der Waals surface area contributed by atoms with Crippen LogP contribution in [0.5, 0.6) is 0 Å². The number of rotatable bonds is 7. The van der Waals surface area contributed by atoms with Crippen LogP contribution in [0.1, 0.15) is 119 Å². The number of amides is 1. The molecule has 1 heterocycles. The van der Waals surface area contributed by atoms with Crippen LogP contribution in [-0.2, 0) is 9.47 Å². The number of nitrogens with one attached hydrogen (secondary N) is 1. The molecule has 5 aliphatic carbocycles. The molecule has 240 valence electrons. The number of alkyl carbamates (subject to hydrolysis) is 1. The molecule has 1 aliphatic heterocycles. The highest BCUT2D eigenvalue weighted by atomic mass is 16.5. The Morgan fingerprint density at radius 1 is 0.929 bits per heavy atom. The third-order valence-corrected chi connectivity index (χ3v) is 15.6. The van der Waals surface area contributed by atoms with Crippen LogP contribution >= 0.6 is 0 Å². The fourth-order valence-electron chi connectivity index (χ4n) is 13.1. The molecule has 0 spiro atoms. The number of ether oxygens (including phenoxy) is 2. The van der Waals surface area contributed by atoms with Crippen molar-refractivity contribution >= 4 is 6.09 Å². The van der Waals surface area contributed by atoms with Crippen LogP contribution in [0.2, 0.25) is 0 Å². The number of fused-ring (bicyclic) bond motifs is 7. The van der Waals surface area contributed by atoms with Gasteiger partial charge in [0, 0.05) is 26.2 Å². The minimum Gasteiger partial charge on any atom is -0.450 e. The first-order chi connectivity index (χ1) is 20.0. The highest BCUT2D eigenvalue weighted by Crippen LogP contribution is 2.76. The van der Waals surface area contributed by atoms with Crippen molar-refractivity contribution in [3.8, 4) is 0 Å². The van der Waals surface area contributed by atoms with Gasteiger partial charge >= 0.3 is 6.09 Å². The predicted molar refractivity (Wildman–Crippen MR) is 170 cm³/mol. The van der Waals surface area contributed by atoms with E-state index in [1.165, 1.54) is 70.6 Å². The van der Waals surface area contributed by atoms with Gasteiger partial charge in [0.15, 0.2) is 0 Å². The molecule has 6 aliphatic rings. The minimum absolute atomic E-state index is 0.224. The zero-order valence-corrected chi connectivity index (χ0v) is 28.1. The Hall–Kier alpha value is -0.810. The average Bonchev–Trinajstić information content (AvgIpc) is 3.32. The molecule has 0 aromatic heterocycles. The lowest BCUT2D eigenvalue weighted by Crippen LogP contribution is -2.64. The van der Waals surface area contributed by atoms with Gasteiger partial charge < -0.3 is 14.8 Å². The first kappa shape index (κ1) is 31.2.